The van der Waals surface area contributed by atoms with Crippen LogP contribution < -0.4 is 14.8 Å². The highest BCUT2D eigenvalue weighted by Gasteiger charge is 2.22. The summed E-state index contributed by atoms with van der Waals surface area (Å²) in [5, 5.41) is 2.94. The SMILES string of the molecule is CCN(Cc1cccc2c1OCCO2)C(=O)c1cccnc1Nc1ccccc1F. The van der Waals surface area contributed by atoms with Crippen LogP contribution in [0.2, 0.25) is 0 Å². The van der Waals surface area contributed by atoms with E-state index in [1.807, 2.05) is 25.1 Å². The van der Waals surface area contributed by atoms with Crippen LogP contribution >= 0.6 is 0 Å². The molecule has 0 bridgehead atoms. The average Bonchev–Trinajstić information content (AvgIpc) is 2.79. The van der Waals surface area contributed by atoms with Gasteiger partial charge in [0.05, 0.1) is 11.3 Å². The molecule has 1 aromatic heterocycles. The fourth-order valence-corrected chi connectivity index (χ4v) is 3.33. The molecule has 6 nitrogen and oxygen atoms in total. The van der Waals surface area contributed by atoms with E-state index < -0.39 is 5.82 Å². The van der Waals surface area contributed by atoms with E-state index in [4.69, 9.17) is 9.47 Å². The second kappa shape index (κ2) is 8.82. The van der Waals surface area contributed by atoms with E-state index in [1.165, 1.54) is 6.07 Å². The minimum Gasteiger partial charge on any atom is -0.486 e. The monoisotopic (exact) mass is 407 g/mol. The molecule has 0 saturated heterocycles. The molecule has 0 atom stereocenters. The summed E-state index contributed by atoms with van der Waals surface area (Å²) in [7, 11) is 0. The number of nitrogens with one attached hydrogen (secondary N) is 1. The second-order valence-electron chi connectivity index (χ2n) is 6.77. The summed E-state index contributed by atoms with van der Waals surface area (Å²) >= 11 is 0. The number of hydrogen-bond acceptors (Lipinski definition) is 5. The van der Waals surface area contributed by atoms with Gasteiger partial charge < -0.3 is 19.7 Å². The van der Waals surface area contributed by atoms with Crippen molar-refractivity contribution in [2.75, 3.05) is 25.1 Å². The number of nitrogens with zero attached hydrogens (tertiary/aromatic N) is 2. The normalized spacial score (nSPS) is 12.3. The summed E-state index contributed by atoms with van der Waals surface area (Å²) in [6.45, 7) is 3.73. The van der Waals surface area contributed by atoms with Crippen molar-refractivity contribution in [1.82, 2.24) is 9.88 Å². The van der Waals surface area contributed by atoms with Crippen molar-refractivity contribution in [3.8, 4) is 11.5 Å². The van der Waals surface area contributed by atoms with Gasteiger partial charge in [0.15, 0.2) is 11.5 Å². The molecule has 1 aliphatic heterocycles. The Morgan fingerprint density at radius 2 is 1.93 bits per heavy atom. The van der Waals surface area contributed by atoms with Crippen LogP contribution in [-0.4, -0.2) is 35.5 Å². The van der Waals surface area contributed by atoms with Crippen molar-refractivity contribution in [3.63, 3.8) is 0 Å². The van der Waals surface area contributed by atoms with Crippen LogP contribution in [0.15, 0.2) is 60.8 Å². The molecule has 2 aromatic carbocycles. The zero-order valence-electron chi connectivity index (χ0n) is 16.6. The summed E-state index contributed by atoms with van der Waals surface area (Å²) in [6.07, 6.45) is 1.56. The number of amides is 1. The van der Waals surface area contributed by atoms with Gasteiger partial charge in [-0.3, -0.25) is 4.79 Å². The molecule has 1 amide bonds. The molecule has 1 N–H and O–H groups in total. The Labute approximate surface area is 174 Å². The molecular formula is C23H22FN3O3. The Morgan fingerprint density at radius 1 is 1.10 bits per heavy atom. The molecule has 0 unspecified atom stereocenters. The van der Waals surface area contributed by atoms with Gasteiger partial charge in [-0.25, -0.2) is 9.37 Å². The number of aromatic nitrogens is 1. The van der Waals surface area contributed by atoms with Crippen LogP contribution in [0.4, 0.5) is 15.9 Å². The third-order valence-corrected chi connectivity index (χ3v) is 4.84. The number of carbonyl (C=O) groups is 1. The summed E-state index contributed by atoms with van der Waals surface area (Å²) in [4.78, 5) is 19.3. The van der Waals surface area contributed by atoms with Crippen molar-refractivity contribution in [1.29, 1.82) is 0 Å². The van der Waals surface area contributed by atoms with Crippen LogP contribution in [0.25, 0.3) is 0 Å². The maximum absolute atomic E-state index is 14.1. The van der Waals surface area contributed by atoms with E-state index in [1.54, 1.807) is 41.4 Å². The van der Waals surface area contributed by atoms with Gasteiger partial charge in [-0.05, 0) is 37.3 Å². The van der Waals surface area contributed by atoms with Gasteiger partial charge in [0.2, 0.25) is 0 Å². The van der Waals surface area contributed by atoms with Crippen molar-refractivity contribution in [2.45, 2.75) is 13.5 Å². The van der Waals surface area contributed by atoms with Crippen molar-refractivity contribution in [2.24, 2.45) is 0 Å². The highest BCUT2D eigenvalue weighted by atomic mass is 19.1. The van der Waals surface area contributed by atoms with Crippen LogP contribution in [0, 0.1) is 5.82 Å². The Hall–Kier alpha value is -3.61. The van der Waals surface area contributed by atoms with Crippen LogP contribution in [0.3, 0.4) is 0 Å². The topological polar surface area (TPSA) is 63.7 Å². The van der Waals surface area contributed by atoms with E-state index >= 15 is 0 Å². The molecule has 4 rings (SSSR count). The first-order valence-corrected chi connectivity index (χ1v) is 9.80. The first kappa shape index (κ1) is 19.7. The molecule has 1 aliphatic rings. The lowest BCUT2D eigenvalue weighted by molar-refractivity contribution is 0.0749. The number of fused-ring (bicyclic) bond motifs is 1. The number of carbonyl (C=O) groups excluding carboxylic acids is 1. The van der Waals surface area contributed by atoms with Crippen LogP contribution in [-0.2, 0) is 6.54 Å². The van der Waals surface area contributed by atoms with E-state index in [-0.39, 0.29) is 11.6 Å². The van der Waals surface area contributed by atoms with Gasteiger partial charge in [0.1, 0.15) is 24.8 Å². The fourth-order valence-electron chi connectivity index (χ4n) is 3.33. The standard InChI is InChI=1S/C23H22FN3O3/c1-2-27(15-16-7-5-11-20-21(16)30-14-13-29-20)23(28)17-8-6-12-25-22(17)26-19-10-4-3-9-18(19)24/h3-12H,2,13-15H2,1H3,(H,25,26). The second-order valence-corrected chi connectivity index (χ2v) is 6.77. The number of rotatable bonds is 6. The molecule has 0 radical (unpaired) electrons. The molecule has 7 heteroatoms. The first-order chi connectivity index (χ1) is 14.7. The first-order valence-electron chi connectivity index (χ1n) is 9.80. The number of hydrogen-bond donors (Lipinski definition) is 1. The lowest BCUT2D eigenvalue weighted by Gasteiger charge is -2.26. The Kier molecular flexibility index (Phi) is 5.79. The number of anilines is 2. The lowest BCUT2D eigenvalue weighted by Crippen LogP contribution is -2.31. The highest BCUT2D eigenvalue weighted by molar-refractivity contribution is 5.99. The molecule has 30 heavy (non-hydrogen) atoms. The lowest BCUT2D eigenvalue weighted by atomic mass is 10.1. The molecule has 3 aromatic rings. The van der Waals surface area contributed by atoms with Gasteiger partial charge >= 0.3 is 0 Å². The smallest absolute Gasteiger partial charge is 0.257 e. The number of para-hydroxylation sites is 2. The van der Waals surface area contributed by atoms with Gasteiger partial charge in [0, 0.05) is 24.8 Å². The zero-order chi connectivity index (χ0) is 20.9. The molecule has 0 spiro atoms. The summed E-state index contributed by atoms with van der Waals surface area (Å²) in [6, 6.07) is 15.3. The summed E-state index contributed by atoms with van der Waals surface area (Å²) in [5.74, 6) is 1.04. The van der Waals surface area contributed by atoms with E-state index in [0.29, 0.717) is 49.2 Å². The molecular weight excluding hydrogens is 385 g/mol. The van der Waals surface area contributed by atoms with Gasteiger partial charge in [-0.1, -0.05) is 24.3 Å². The third-order valence-electron chi connectivity index (χ3n) is 4.84. The molecule has 0 aliphatic carbocycles. The predicted octanol–water partition coefficient (Wildman–Crippen LogP) is 4.40. The summed E-state index contributed by atoms with van der Waals surface area (Å²) in [5.41, 5.74) is 1.50. The third kappa shape index (κ3) is 4.05. The van der Waals surface area contributed by atoms with Gasteiger partial charge in [0.25, 0.3) is 5.91 Å². The number of benzene rings is 2. The number of ether oxygens (including phenoxy) is 2. The van der Waals surface area contributed by atoms with Crippen molar-refractivity contribution >= 4 is 17.4 Å². The maximum atomic E-state index is 14.1. The van der Waals surface area contributed by atoms with Gasteiger partial charge in [-0.2, -0.15) is 0 Å². The molecule has 0 fully saturated rings. The van der Waals surface area contributed by atoms with Crippen molar-refractivity contribution < 1.29 is 18.7 Å². The fraction of sp³-hybridized carbons (Fsp3) is 0.217. The number of pyridine rings is 1. The average molecular weight is 407 g/mol. The number of halogens is 1. The van der Waals surface area contributed by atoms with Crippen LogP contribution in [0.5, 0.6) is 11.5 Å². The predicted molar refractivity (Wildman–Crippen MR) is 112 cm³/mol. The Bertz CT molecular complexity index is 1060. The Morgan fingerprint density at radius 3 is 2.77 bits per heavy atom. The molecule has 0 saturated carbocycles. The minimum absolute atomic E-state index is 0.209. The van der Waals surface area contributed by atoms with Gasteiger partial charge in [-0.15, -0.1) is 0 Å². The molecule has 2 heterocycles. The molecule has 154 valence electrons. The largest absolute Gasteiger partial charge is 0.486 e. The van der Waals surface area contributed by atoms with Crippen LogP contribution in [0.1, 0.15) is 22.8 Å². The highest BCUT2D eigenvalue weighted by Crippen LogP contribution is 2.34. The maximum Gasteiger partial charge on any atom is 0.257 e. The summed E-state index contributed by atoms with van der Waals surface area (Å²) < 4.78 is 25.5. The zero-order valence-corrected chi connectivity index (χ0v) is 16.6. The Balaban J connectivity index is 1.60. The van der Waals surface area contributed by atoms with Crippen molar-refractivity contribution in [3.05, 3.63) is 77.7 Å². The quantitative estimate of drug-likeness (QED) is 0.656. The minimum atomic E-state index is -0.415. The van der Waals surface area contributed by atoms with E-state index in [2.05, 4.69) is 10.3 Å². The van der Waals surface area contributed by atoms with E-state index in [0.717, 1.165) is 5.56 Å². The van der Waals surface area contributed by atoms with E-state index in [9.17, 15) is 9.18 Å².